The van der Waals surface area contributed by atoms with Crippen molar-refractivity contribution in [2.24, 2.45) is 0 Å². The number of hydrogen-bond acceptors (Lipinski definition) is 7. The first kappa shape index (κ1) is 22.6. The number of carbonyl (C=O) groups is 1. The molecule has 2 aromatic heterocycles. The van der Waals surface area contributed by atoms with Crippen LogP contribution in [0.5, 0.6) is 0 Å². The fourth-order valence-corrected chi connectivity index (χ4v) is 5.66. The third kappa shape index (κ3) is 4.92. The molecule has 0 spiro atoms. The average molecular weight is 475 g/mol. The summed E-state index contributed by atoms with van der Waals surface area (Å²) in [5, 5.41) is 5.90. The first-order valence-electron chi connectivity index (χ1n) is 10.6. The lowest BCUT2D eigenvalue weighted by Gasteiger charge is -2.34. The van der Waals surface area contributed by atoms with Crippen molar-refractivity contribution in [2.75, 3.05) is 26.2 Å². The van der Waals surface area contributed by atoms with Crippen LogP contribution in [0.4, 0.5) is 0 Å². The molecule has 1 aromatic carbocycles. The number of benzene rings is 1. The van der Waals surface area contributed by atoms with E-state index >= 15 is 0 Å². The van der Waals surface area contributed by atoms with Crippen LogP contribution in [-0.2, 0) is 21.2 Å². The Kier molecular flexibility index (Phi) is 6.73. The van der Waals surface area contributed by atoms with Gasteiger partial charge in [-0.15, -0.1) is 11.3 Å². The Bertz CT molecular complexity index is 1150. The predicted octanol–water partition coefficient (Wildman–Crippen LogP) is 3.39. The number of aromatic nitrogens is 2. The number of sulfonamides is 1. The fraction of sp³-hybridized carbons (Fsp3) is 0.409. The molecule has 1 aliphatic heterocycles. The summed E-state index contributed by atoms with van der Waals surface area (Å²) >= 11 is 1.52. The van der Waals surface area contributed by atoms with Crippen molar-refractivity contribution < 1.29 is 17.7 Å². The Morgan fingerprint density at radius 2 is 1.84 bits per heavy atom. The number of rotatable bonds is 7. The van der Waals surface area contributed by atoms with Crippen molar-refractivity contribution in [1.29, 1.82) is 0 Å². The zero-order valence-electron chi connectivity index (χ0n) is 18.1. The van der Waals surface area contributed by atoms with E-state index in [0.29, 0.717) is 42.0 Å². The largest absolute Gasteiger partial charge is 0.340 e. The Balaban J connectivity index is 1.29. The van der Waals surface area contributed by atoms with Crippen molar-refractivity contribution in [1.82, 2.24) is 19.3 Å². The Hall–Kier alpha value is -2.56. The van der Waals surface area contributed by atoms with Gasteiger partial charge in [-0.1, -0.05) is 37.2 Å². The molecule has 0 bridgehead atoms. The van der Waals surface area contributed by atoms with Crippen LogP contribution in [0.2, 0.25) is 0 Å². The lowest BCUT2D eigenvalue weighted by molar-refractivity contribution is -0.132. The van der Waals surface area contributed by atoms with Gasteiger partial charge in [0, 0.05) is 39.0 Å². The van der Waals surface area contributed by atoms with Crippen molar-refractivity contribution in [3.8, 4) is 10.7 Å². The van der Waals surface area contributed by atoms with E-state index < -0.39 is 10.0 Å². The zero-order valence-corrected chi connectivity index (χ0v) is 19.7. The number of hydrogen-bond donors (Lipinski definition) is 0. The van der Waals surface area contributed by atoms with E-state index in [1.165, 1.54) is 15.6 Å². The lowest BCUT2D eigenvalue weighted by atomic mass is 10.0. The van der Waals surface area contributed by atoms with E-state index in [9.17, 15) is 13.2 Å². The molecular formula is C22H26N4O4S2. The predicted molar refractivity (Wildman–Crippen MR) is 122 cm³/mol. The highest BCUT2D eigenvalue weighted by molar-refractivity contribution is 7.89. The zero-order chi connectivity index (χ0) is 22.7. The summed E-state index contributed by atoms with van der Waals surface area (Å²) in [6, 6.07) is 10.9. The van der Waals surface area contributed by atoms with Gasteiger partial charge in [-0.05, 0) is 35.1 Å². The SMILES string of the molecule is CC(C)c1ccc(S(=O)(=O)N2CCN(C(=O)CCc3nc(-c4cccs4)no3)CC2)cc1. The van der Waals surface area contributed by atoms with Gasteiger partial charge in [0.25, 0.3) is 0 Å². The smallest absolute Gasteiger partial charge is 0.243 e. The van der Waals surface area contributed by atoms with E-state index in [4.69, 9.17) is 4.52 Å². The molecule has 0 radical (unpaired) electrons. The van der Waals surface area contributed by atoms with Crippen LogP contribution in [0, 0.1) is 0 Å². The summed E-state index contributed by atoms with van der Waals surface area (Å²) in [6.45, 7) is 5.44. The minimum absolute atomic E-state index is 0.0424. The molecule has 3 aromatic rings. The minimum Gasteiger partial charge on any atom is -0.340 e. The molecular weight excluding hydrogens is 448 g/mol. The van der Waals surface area contributed by atoms with Gasteiger partial charge in [-0.25, -0.2) is 8.42 Å². The van der Waals surface area contributed by atoms with Crippen molar-refractivity contribution in [2.45, 2.75) is 37.5 Å². The topological polar surface area (TPSA) is 96.6 Å². The van der Waals surface area contributed by atoms with Gasteiger partial charge in [0.15, 0.2) is 0 Å². The van der Waals surface area contributed by atoms with E-state index in [-0.39, 0.29) is 25.4 Å². The summed E-state index contributed by atoms with van der Waals surface area (Å²) in [4.78, 5) is 19.9. The first-order chi connectivity index (χ1) is 15.3. The van der Waals surface area contributed by atoms with Crippen LogP contribution in [0.15, 0.2) is 51.2 Å². The Labute approximate surface area is 191 Å². The molecule has 1 saturated heterocycles. The molecule has 4 rings (SSSR count). The molecule has 0 atom stereocenters. The molecule has 0 unspecified atom stereocenters. The van der Waals surface area contributed by atoms with Gasteiger partial charge in [-0.2, -0.15) is 9.29 Å². The molecule has 3 heterocycles. The van der Waals surface area contributed by atoms with Crippen LogP contribution in [0.1, 0.15) is 37.6 Å². The number of carbonyl (C=O) groups excluding carboxylic acids is 1. The number of piperazine rings is 1. The minimum atomic E-state index is -3.56. The van der Waals surface area contributed by atoms with Crippen LogP contribution < -0.4 is 0 Å². The summed E-state index contributed by atoms with van der Waals surface area (Å²) in [5.41, 5.74) is 1.10. The summed E-state index contributed by atoms with van der Waals surface area (Å²) in [7, 11) is -3.56. The molecule has 0 N–H and O–H groups in total. The van der Waals surface area contributed by atoms with E-state index in [0.717, 1.165) is 10.4 Å². The molecule has 170 valence electrons. The number of amides is 1. The van der Waals surface area contributed by atoms with Crippen molar-refractivity contribution in [3.05, 3.63) is 53.2 Å². The molecule has 0 saturated carbocycles. The van der Waals surface area contributed by atoms with Crippen LogP contribution >= 0.6 is 11.3 Å². The molecule has 1 fully saturated rings. The van der Waals surface area contributed by atoms with Crippen LogP contribution in [0.25, 0.3) is 10.7 Å². The number of thiophene rings is 1. The van der Waals surface area contributed by atoms with E-state index in [2.05, 4.69) is 24.0 Å². The van der Waals surface area contributed by atoms with Crippen molar-refractivity contribution >= 4 is 27.3 Å². The fourth-order valence-electron chi connectivity index (χ4n) is 3.59. The third-order valence-electron chi connectivity index (χ3n) is 5.54. The van der Waals surface area contributed by atoms with E-state index in [1.54, 1.807) is 17.0 Å². The maximum Gasteiger partial charge on any atom is 0.243 e. The highest BCUT2D eigenvalue weighted by Gasteiger charge is 2.30. The van der Waals surface area contributed by atoms with Gasteiger partial charge in [0.05, 0.1) is 9.77 Å². The first-order valence-corrected chi connectivity index (χ1v) is 12.9. The summed E-state index contributed by atoms with van der Waals surface area (Å²) in [5.74, 6) is 1.26. The number of aryl methyl sites for hydroxylation is 1. The second kappa shape index (κ2) is 9.51. The monoisotopic (exact) mass is 474 g/mol. The summed E-state index contributed by atoms with van der Waals surface area (Å²) in [6.07, 6.45) is 0.605. The molecule has 1 aliphatic rings. The molecule has 8 nitrogen and oxygen atoms in total. The van der Waals surface area contributed by atoms with Crippen LogP contribution in [0.3, 0.4) is 0 Å². The molecule has 0 aliphatic carbocycles. The second-order valence-electron chi connectivity index (χ2n) is 8.00. The lowest BCUT2D eigenvalue weighted by Crippen LogP contribution is -2.50. The highest BCUT2D eigenvalue weighted by Crippen LogP contribution is 2.23. The molecule has 1 amide bonds. The normalized spacial score (nSPS) is 15.4. The van der Waals surface area contributed by atoms with Crippen molar-refractivity contribution in [3.63, 3.8) is 0 Å². The third-order valence-corrected chi connectivity index (χ3v) is 8.32. The Morgan fingerprint density at radius 3 is 2.47 bits per heavy atom. The molecule has 10 heteroatoms. The maximum atomic E-state index is 13.0. The standard InChI is InChI=1S/C22H26N4O4S2/c1-16(2)17-5-7-18(8-6-17)32(28,29)26-13-11-25(12-14-26)21(27)10-9-20-23-22(24-30-20)19-4-3-15-31-19/h3-8,15-16H,9-14H2,1-2H3. The highest BCUT2D eigenvalue weighted by atomic mass is 32.2. The average Bonchev–Trinajstić information content (AvgIpc) is 3.49. The van der Waals surface area contributed by atoms with Gasteiger partial charge < -0.3 is 9.42 Å². The number of nitrogens with zero attached hydrogens (tertiary/aromatic N) is 4. The quantitative estimate of drug-likeness (QED) is 0.521. The molecule has 32 heavy (non-hydrogen) atoms. The van der Waals surface area contributed by atoms with E-state index in [1.807, 2.05) is 29.6 Å². The van der Waals surface area contributed by atoms with Gasteiger partial charge >= 0.3 is 0 Å². The second-order valence-corrected chi connectivity index (χ2v) is 10.9. The maximum absolute atomic E-state index is 13.0. The van der Waals surface area contributed by atoms with Crippen LogP contribution in [-0.4, -0.2) is 59.8 Å². The Morgan fingerprint density at radius 1 is 1.12 bits per heavy atom. The van der Waals surface area contributed by atoms with Gasteiger partial charge in [0.2, 0.25) is 27.6 Å². The van der Waals surface area contributed by atoms with Gasteiger partial charge in [0.1, 0.15) is 0 Å². The summed E-state index contributed by atoms with van der Waals surface area (Å²) < 4.78 is 32.6. The van der Waals surface area contributed by atoms with Gasteiger partial charge in [-0.3, -0.25) is 4.79 Å².